The van der Waals surface area contributed by atoms with Gasteiger partial charge in [-0.15, -0.1) is 11.3 Å². The van der Waals surface area contributed by atoms with Gasteiger partial charge >= 0.3 is 5.69 Å². The number of piperazine rings is 1. The lowest BCUT2D eigenvalue weighted by Crippen LogP contribution is -2.55. The van der Waals surface area contributed by atoms with Crippen LogP contribution in [0.1, 0.15) is 29.9 Å². The summed E-state index contributed by atoms with van der Waals surface area (Å²) in [4.78, 5) is 36.0. The topological polar surface area (TPSA) is 92.6 Å². The van der Waals surface area contributed by atoms with Crippen LogP contribution in [0.3, 0.4) is 0 Å². The number of Topliss-reactive ketones (excluding diaryl/α,β-unsaturated/α-hetero) is 1. The third kappa shape index (κ3) is 2.51. The predicted octanol–water partition coefficient (Wildman–Crippen LogP) is 1.57. The smallest absolute Gasteiger partial charge is 0.304 e. The Balaban J connectivity index is 2.46. The average Bonchev–Trinajstić information content (AvgIpc) is 2.83. The summed E-state index contributed by atoms with van der Waals surface area (Å²) in [5.74, 6) is -0.343. The third-order valence-corrected chi connectivity index (χ3v) is 4.48. The van der Waals surface area contributed by atoms with E-state index >= 15 is 0 Å². The van der Waals surface area contributed by atoms with Gasteiger partial charge in [-0.1, -0.05) is 6.92 Å². The lowest BCUT2D eigenvalue weighted by atomic mass is 10.1. The molecule has 0 bridgehead atoms. The molecule has 1 aromatic rings. The molecule has 1 N–H and O–H groups in total. The van der Waals surface area contributed by atoms with E-state index in [2.05, 4.69) is 5.32 Å². The minimum atomic E-state index is -0.502. The molecule has 1 unspecified atom stereocenters. The van der Waals surface area contributed by atoms with Gasteiger partial charge < -0.3 is 10.2 Å². The van der Waals surface area contributed by atoms with Crippen LogP contribution >= 0.6 is 11.3 Å². The van der Waals surface area contributed by atoms with Crippen LogP contribution in [0.4, 0.5) is 10.7 Å². The highest BCUT2D eigenvalue weighted by atomic mass is 32.1. The van der Waals surface area contributed by atoms with Crippen molar-refractivity contribution in [1.82, 2.24) is 5.32 Å². The zero-order valence-electron chi connectivity index (χ0n) is 11.2. The van der Waals surface area contributed by atoms with Gasteiger partial charge in [-0.25, -0.2) is 0 Å². The Kier molecular flexibility index (Phi) is 4.03. The molecule has 1 atom stereocenters. The summed E-state index contributed by atoms with van der Waals surface area (Å²) in [5, 5.41) is 14.3. The number of carbonyl (C=O) groups excluding carboxylic acids is 2. The van der Waals surface area contributed by atoms with E-state index in [-0.39, 0.29) is 17.4 Å². The molecule has 0 saturated carbocycles. The molecular formula is C12H15N3O4S. The molecular weight excluding hydrogens is 282 g/mol. The van der Waals surface area contributed by atoms with Crippen LogP contribution in [0.25, 0.3) is 0 Å². The van der Waals surface area contributed by atoms with Gasteiger partial charge in [-0.3, -0.25) is 19.7 Å². The molecule has 1 amide bonds. The van der Waals surface area contributed by atoms with Crippen LogP contribution in [-0.4, -0.2) is 35.7 Å². The summed E-state index contributed by atoms with van der Waals surface area (Å²) in [6.07, 6.45) is 0.552. The fraction of sp³-hybridized carbons (Fsp3) is 0.500. The van der Waals surface area contributed by atoms with E-state index in [1.54, 1.807) is 4.90 Å². The minimum absolute atomic E-state index is 0.103. The number of rotatable bonds is 4. The highest BCUT2D eigenvalue weighted by molar-refractivity contribution is 7.18. The molecule has 1 aromatic heterocycles. The van der Waals surface area contributed by atoms with E-state index in [9.17, 15) is 19.7 Å². The number of anilines is 1. The predicted molar refractivity (Wildman–Crippen MR) is 75.4 cm³/mol. The number of nitrogens with one attached hydrogen (secondary N) is 1. The van der Waals surface area contributed by atoms with E-state index < -0.39 is 11.0 Å². The molecule has 0 aromatic carbocycles. The first kappa shape index (κ1) is 14.4. The zero-order valence-corrected chi connectivity index (χ0v) is 12.0. The molecule has 1 aliphatic heterocycles. The van der Waals surface area contributed by atoms with Crippen LogP contribution in [-0.2, 0) is 4.79 Å². The van der Waals surface area contributed by atoms with Crippen molar-refractivity contribution >= 4 is 33.7 Å². The van der Waals surface area contributed by atoms with Crippen molar-refractivity contribution in [1.29, 1.82) is 0 Å². The number of hydrogen-bond acceptors (Lipinski definition) is 6. The maximum Gasteiger partial charge on any atom is 0.304 e. The molecule has 108 valence electrons. The summed E-state index contributed by atoms with van der Waals surface area (Å²) < 4.78 is 0. The van der Waals surface area contributed by atoms with Crippen molar-refractivity contribution in [2.75, 3.05) is 18.0 Å². The summed E-state index contributed by atoms with van der Waals surface area (Å²) in [6.45, 7) is 4.18. The second-order valence-electron chi connectivity index (χ2n) is 4.52. The van der Waals surface area contributed by atoms with E-state index in [1.165, 1.54) is 13.0 Å². The number of thiophene rings is 1. The summed E-state index contributed by atoms with van der Waals surface area (Å²) >= 11 is 1.08. The van der Waals surface area contributed by atoms with Gasteiger partial charge in [-0.05, 0) is 13.3 Å². The first-order valence-electron chi connectivity index (χ1n) is 6.29. The lowest BCUT2D eigenvalue weighted by Gasteiger charge is -2.34. The Bertz CT molecular complexity index is 569. The van der Waals surface area contributed by atoms with Gasteiger partial charge in [0.25, 0.3) is 0 Å². The minimum Gasteiger partial charge on any atom is -0.353 e. The molecule has 0 radical (unpaired) electrons. The number of nitrogens with zero attached hydrogens (tertiary/aromatic N) is 2. The van der Waals surface area contributed by atoms with E-state index in [0.717, 1.165) is 11.3 Å². The number of hydrogen-bond donors (Lipinski definition) is 1. The van der Waals surface area contributed by atoms with Crippen LogP contribution < -0.4 is 10.2 Å². The highest BCUT2D eigenvalue weighted by Gasteiger charge is 2.34. The first-order chi connectivity index (χ1) is 9.45. The van der Waals surface area contributed by atoms with Crippen molar-refractivity contribution in [2.24, 2.45) is 0 Å². The van der Waals surface area contributed by atoms with Crippen molar-refractivity contribution < 1.29 is 14.5 Å². The Morgan fingerprint density at radius 1 is 1.65 bits per heavy atom. The second kappa shape index (κ2) is 5.58. The molecule has 1 aliphatic rings. The molecule has 1 saturated heterocycles. The first-order valence-corrected chi connectivity index (χ1v) is 7.10. The van der Waals surface area contributed by atoms with Gasteiger partial charge in [0.15, 0.2) is 10.8 Å². The standard InChI is InChI=1S/C12H15N3O4S/c1-3-8-11(17)13-4-5-14(8)12-9(15(18)19)6-10(20-12)7(2)16/h6,8H,3-5H2,1-2H3,(H,13,17). The summed E-state index contributed by atoms with van der Waals surface area (Å²) in [7, 11) is 0. The lowest BCUT2D eigenvalue weighted by molar-refractivity contribution is -0.383. The molecule has 2 rings (SSSR count). The van der Waals surface area contributed by atoms with E-state index in [0.29, 0.717) is 29.4 Å². The molecule has 0 spiro atoms. The van der Waals surface area contributed by atoms with Gasteiger partial charge in [0, 0.05) is 19.2 Å². The molecule has 1 fully saturated rings. The van der Waals surface area contributed by atoms with Crippen LogP contribution in [0.2, 0.25) is 0 Å². The van der Waals surface area contributed by atoms with Gasteiger partial charge in [0.05, 0.1) is 9.80 Å². The van der Waals surface area contributed by atoms with Gasteiger partial charge in [0.2, 0.25) is 5.91 Å². The number of ketones is 1. The highest BCUT2D eigenvalue weighted by Crippen LogP contribution is 2.39. The van der Waals surface area contributed by atoms with Crippen LogP contribution in [0.15, 0.2) is 6.07 Å². The van der Waals surface area contributed by atoms with Crippen LogP contribution in [0.5, 0.6) is 0 Å². The van der Waals surface area contributed by atoms with Crippen molar-refractivity contribution in [2.45, 2.75) is 26.3 Å². The quantitative estimate of drug-likeness (QED) is 0.517. The normalized spacial score (nSPS) is 18.8. The summed E-state index contributed by atoms with van der Waals surface area (Å²) in [5.41, 5.74) is -0.103. The van der Waals surface area contributed by atoms with Crippen molar-refractivity contribution in [3.63, 3.8) is 0 Å². The largest absolute Gasteiger partial charge is 0.353 e. The molecule has 20 heavy (non-hydrogen) atoms. The maximum atomic E-state index is 11.8. The molecule has 0 aliphatic carbocycles. The number of amides is 1. The number of carbonyl (C=O) groups is 2. The molecule has 7 nitrogen and oxygen atoms in total. The Morgan fingerprint density at radius 2 is 2.35 bits per heavy atom. The monoisotopic (exact) mass is 297 g/mol. The zero-order chi connectivity index (χ0) is 14.9. The average molecular weight is 297 g/mol. The SMILES string of the molecule is CCC1C(=O)NCCN1c1sc(C(C)=O)cc1[N+](=O)[O-]. The summed E-state index contributed by atoms with van der Waals surface area (Å²) in [6, 6.07) is 0.864. The fourth-order valence-electron chi connectivity index (χ4n) is 2.25. The third-order valence-electron chi connectivity index (χ3n) is 3.22. The molecule has 2 heterocycles. The fourth-order valence-corrected chi connectivity index (χ4v) is 3.34. The Hall–Kier alpha value is -1.96. The van der Waals surface area contributed by atoms with E-state index in [4.69, 9.17) is 0 Å². The Morgan fingerprint density at radius 3 is 2.90 bits per heavy atom. The van der Waals surface area contributed by atoms with Crippen LogP contribution in [0, 0.1) is 10.1 Å². The van der Waals surface area contributed by atoms with E-state index in [1.807, 2.05) is 6.92 Å². The van der Waals surface area contributed by atoms with Crippen molar-refractivity contribution in [3.8, 4) is 0 Å². The maximum absolute atomic E-state index is 11.8. The number of nitro groups is 1. The van der Waals surface area contributed by atoms with Gasteiger partial charge in [0.1, 0.15) is 6.04 Å². The molecule has 8 heteroatoms. The van der Waals surface area contributed by atoms with Gasteiger partial charge in [-0.2, -0.15) is 0 Å². The second-order valence-corrected chi connectivity index (χ2v) is 5.55. The Labute approximate surface area is 119 Å². The van der Waals surface area contributed by atoms with Crippen molar-refractivity contribution in [3.05, 3.63) is 21.1 Å².